The Kier molecular flexibility index (Phi) is 6.57. The van der Waals surface area contributed by atoms with Crippen LogP contribution in [0.3, 0.4) is 0 Å². The smallest absolute Gasteiger partial charge is 0.410 e. The number of likely N-dealkylation sites (tertiary alicyclic amines) is 1. The Balaban J connectivity index is 1.85. The molecule has 6 heteroatoms. The quantitative estimate of drug-likeness (QED) is 0.699. The topological polar surface area (TPSA) is 32.8 Å². The molecule has 1 heterocycles. The zero-order chi connectivity index (χ0) is 17.9. The highest BCUT2D eigenvalue weighted by Crippen LogP contribution is 2.25. The van der Waals surface area contributed by atoms with Crippen molar-refractivity contribution in [2.45, 2.75) is 51.8 Å². The third-order valence-corrected chi connectivity index (χ3v) is 5.17. The third kappa shape index (κ3) is 5.64. The molecule has 1 fully saturated rings. The number of nitrogens with zero attached hydrogens (tertiary/aromatic N) is 2. The lowest BCUT2D eigenvalue weighted by Gasteiger charge is -2.37. The SMILES string of the molecule is CN(C(=O)OC(C)(C)C)C1CCN(Cc2ccc(Cl)cc2Br)CC1. The van der Waals surface area contributed by atoms with E-state index in [4.69, 9.17) is 16.3 Å². The summed E-state index contributed by atoms with van der Waals surface area (Å²) in [5.41, 5.74) is 0.783. The Labute approximate surface area is 158 Å². The van der Waals surface area contributed by atoms with Gasteiger partial charge in [0.15, 0.2) is 0 Å². The minimum absolute atomic E-state index is 0.235. The van der Waals surface area contributed by atoms with Crippen LogP contribution in [0.2, 0.25) is 5.02 Å². The zero-order valence-corrected chi connectivity index (χ0v) is 17.2. The van der Waals surface area contributed by atoms with Crippen LogP contribution >= 0.6 is 27.5 Å². The van der Waals surface area contributed by atoms with Crippen molar-refractivity contribution in [2.75, 3.05) is 20.1 Å². The number of rotatable bonds is 3. The van der Waals surface area contributed by atoms with Crippen LogP contribution in [0.5, 0.6) is 0 Å². The summed E-state index contributed by atoms with van der Waals surface area (Å²) in [5.74, 6) is 0. The molecular weight excluding hydrogens is 392 g/mol. The minimum Gasteiger partial charge on any atom is -0.444 e. The summed E-state index contributed by atoms with van der Waals surface area (Å²) in [7, 11) is 1.84. The highest BCUT2D eigenvalue weighted by Gasteiger charge is 2.28. The lowest BCUT2D eigenvalue weighted by atomic mass is 10.0. The zero-order valence-electron chi connectivity index (χ0n) is 14.8. The number of carbonyl (C=O) groups is 1. The summed E-state index contributed by atoms with van der Waals surface area (Å²) in [6.45, 7) is 8.50. The molecule has 0 atom stereocenters. The van der Waals surface area contributed by atoms with E-state index in [0.717, 1.165) is 42.0 Å². The molecule has 2 rings (SSSR count). The molecule has 1 aliphatic rings. The van der Waals surface area contributed by atoms with Crippen molar-refractivity contribution in [2.24, 2.45) is 0 Å². The molecule has 1 aromatic carbocycles. The molecule has 1 saturated heterocycles. The summed E-state index contributed by atoms with van der Waals surface area (Å²) in [6.07, 6.45) is 1.68. The van der Waals surface area contributed by atoms with Crippen LogP contribution in [0.1, 0.15) is 39.2 Å². The summed E-state index contributed by atoms with van der Waals surface area (Å²) < 4.78 is 6.50. The first-order valence-corrected chi connectivity index (χ1v) is 9.45. The first-order chi connectivity index (χ1) is 11.2. The minimum atomic E-state index is -0.451. The van der Waals surface area contributed by atoms with Gasteiger partial charge in [0, 0.05) is 42.2 Å². The number of piperidine rings is 1. The van der Waals surface area contributed by atoms with Gasteiger partial charge >= 0.3 is 6.09 Å². The van der Waals surface area contributed by atoms with E-state index in [1.54, 1.807) is 4.90 Å². The number of hydrogen-bond acceptors (Lipinski definition) is 3. The van der Waals surface area contributed by atoms with E-state index in [9.17, 15) is 4.79 Å². The Morgan fingerprint density at radius 2 is 2.00 bits per heavy atom. The average Bonchev–Trinajstić information content (AvgIpc) is 2.48. The number of benzene rings is 1. The van der Waals surface area contributed by atoms with Crippen molar-refractivity contribution >= 4 is 33.6 Å². The average molecular weight is 418 g/mol. The van der Waals surface area contributed by atoms with E-state index >= 15 is 0 Å². The summed E-state index contributed by atoms with van der Waals surface area (Å²) in [4.78, 5) is 16.3. The molecule has 1 aliphatic heterocycles. The number of halogens is 2. The molecule has 0 N–H and O–H groups in total. The fourth-order valence-electron chi connectivity index (χ4n) is 2.84. The van der Waals surface area contributed by atoms with Crippen LogP contribution in [-0.2, 0) is 11.3 Å². The van der Waals surface area contributed by atoms with Crippen LogP contribution in [0.15, 0.2) is 22.7 Å². The van der Waals surface area contributed by atoms with Gasteiger partial charge in [-0.2, -0.15) is 0 Å². The molecule has 0 aliphatic carbocycles. The van der Waals surface area contributed by atoms with Gasteiger partial charge in [-0.15, -0.1) is 0 Å². The van der Waals surface area contributed by atoms with Crippen molar-refractivity contribution in [1.82, 2.24) is 9.80 Å². The molecule has 4 nitrogen and oxygen atoms in total. The van der Waals surface area contributed by atoms with E-state index in [2.05, 4.69) is 26.9 Å². The van der Waals surface area contributed by atoms with Crippen molar-refractivity contribution < 1.29 is 9.53 Å². The van der Waals surface area contributed by atoms with Gasteiger partial charge in [-0.1, -0.05) is 33.6 Å². The van der Waals surface area contributed by atoms with Gasteiger partial charge < -0.3 is 9.64 Å². The Bertz CT molecular complexity index is 581. The van der Waals surface area contributed by atoms with Crippen LogP contribution in [0.4, 0.5) is 4.79 Å². The Morgan fingerprint density at radius 1 is 1.38 bits per heavy atom. The van der Waals surface area contributed by atoms with Gasteiger partial charge in [-0.05, 0) is 51.3 Å². The van der Waals surface area contributed by atoms with Crippen LogP contribution in [0.25, 0.3) is 0 Å². The van der Waals surface area contributed by atoms with Crippen LogP contribution < -0.4 is 0 Å². The van der Waals surface area contributed by atoms with Gasteiger partial charge in [0.1, 0.15) is 5.60 Å². The molecular formula is C18H26BrClN2O2. The van der Waals surface area contributed by atoms with Gasteiger partial charge in [0.2, 0.25) is 0 Å². The molecule has 0 unspecified atom stereocenters. The second kappa shape index (κ2) is 8.07. The monoisotopic (exact) mass is 416 g/mol. The summed E-state index contributed by atoms with van der Waals surface area (Å²) >= 11 is 9.57. The molecule has 1 amide bonds. The summed E-state index contributed by atoms with van der Waals surface area (Å²) in [6, 6.07) is 6.15. The van der Waals surface area contributed by atoms with E-state index in [1.807, 2.05) is 40.0 Å². The predicted molar refractivity (Wildman–Crippen MR) is 101 cm³/mol. The Morgan fingerprint density at radius 3 is 2.54 bits per heavy atom. The second-order valence-corrected chi connectivity index (χ2v) is 8.63. The lowest BCUT2D eigenvalue weighted by molar-refractivity contribution is 0.0149. The van der Waals surface area contributed by atoms with Crippen molar-refractivity contribution in [3.63, 3.8) is 0 Å². The van der Waals surface area contributed by atoms with Crippen molar-refractivity contribution in [3.05, 3.63) is 33.3 Å². The first-order valence-electron chi connectivity index (χ1n) is 8.28. The number of carbonyl (C=O) groups excluding carboxylic acids is 1. The molecule has 0 bridgehead atoms. The maximum Gasteiger partial charge on any atom is 0.410 e. The highest BCUT2D eigenvalue weighted by molar-refractivity contribution is 9.10. The van der Waals surface area contributed by atoms with Crippen molar-refractivity contribution in [3.8, 4) is 0 Å². The molecule has 24 heavy (non-hydrogen) atoms. The molecule has 134 valence electrons. The van der Waals surface area contributed by atoms with Gasteiger partial charge in [-0.3, -0.25) is 4.90 Å². The first kappa shape index (κ1) is 19.5. The van der Waals surface area contributed by atoms with Gasteiger partial charge in [0.25, 0.3) is 0 Å². The predicted octanol–water partition coefficient (Wildman–Crippen LogP) is 4.93. The van der Waals surface area contributed by atoms with E-state index < -0.39 is 5.60 Å². The second-order valence-electron chi connectivity index (χ2n) is 7.33. The largest absolute Gasteiger partial charge is 0.444 e. The maximum atomic E-state index is 12.2. The molecule has 0 aromatic heterocycles. The van der Waals surface area contributed by atoms with Gasteiger partial charge in [-0.25, -0.2) is 4.79 Å². The number of hydrogen-bond donors (Lipinski definition) is 0. The number of ether oxygens (including phenoxy) is 1. The van der Waals surface area contributed by atoms with E-state index in [1.165, 1.54) is 5.56 Å². The third-order valence-electron chi connectivity index (χ3n) is 4.20. The molecule has 1 aromatic rings. The van der Waals surface area contributed by atoms with Gasteiger partial charge in [0.05, 0.1) is 0 Å². The highest BCUT2D eigenvalue weighted by atomic mass is 79.9. The fraction of sp³-hybridized carbons (Fsp3) is 0.611. The molecule has 0 spiro atoms. The van der Waals surface area contributed by atoms with Crippen LogP contribution in [0, 0.1) is 0 Å². The fourth-order valence-corrected chi connectivity index (χ4v) is 3.65. The standard InChI is InChI=1S/C18H26BrClN2O2/c1-18(2,3)24-17(23)21(4)15-7-9-22(10-8-15)12-13-5-6-14(20)11-16(13)19/h5-6,11,15H,7-10,12H2,1-4H3. The normalized spacial score (nSPS) is 16.9. The maximum absolute atomic E-state index is 12.2. The summed E-state index contributed by atoms with van der Waals surface area (Å²) in [5, 5.41) is 0.739. The number of amides is 1. The lowest BCUT2D eigenvalue weighted by Crippen LogP contribution is -2.46. The van der Waals surface area contributed by atoms with Crippen molar-refractivity contribution in [1.29, 1.82) is 0 Å². The van der Waals surface area contributed by atoms with Crippen LogP contribution in [-0.4, -0.2) is 47.7 Å². The Hall–Kier alpha value is -0.780. The van der Waals surface area contributed by atoms with E-state index in [0.29, 0.717) is 0 Å². The molecule has 0 saturated carbocycles. The molecule has 0 radical (unpaired) electrons. The van der Waals surface area contributed by atoms with E-state index in [-0.39, 0.29) is 12.1 Å².